The first-order chi connectivity index (χ1) is 10.8. The summed E-state index contributed by atoms with van der Waals surface area (Å²) in [7, 11) is 0. The molecule has 3 rings (SSSR count). The van der Waals surface area contributed by atoms with Crippen molar-refractivity contribution in [2.45, 2.75) is 31.3 Å². The highest BCUT2D eigenvalue weighted by atomic mass is 16.5. The van der Waals surface area contributed by atoms with Gasteiger partial charge < -0.3 is 19.7 Å². The van der Waals surface area contributed by atoms with Crippen LogP contribution in [0.4, 0.5) is 4.79 Å². The Bertz CT molecular complexity index is 488. The molecule has 1 heterocycles. The van der Waals surface area contributed by atoms with Crippen LogP contribution in [0.2, 0.25) is 0 Å². The predicted molar refractivity (Wildman–Crippen MR) is 84.1 cm³/mol. The Kier molecular flexibility index (Phi) is 4.83. The summed E-state index contributed by atoms with van der Waals surface area (Å²) < 4.78 is 11.4. The second-order valence-electron chi connectivity index (χ2n) is 6.05. The lowest BCUT2D eigenvalue weighted by molar-refractivity contribution is -0.141. The highest BCUT2D eigenvalue weighted by Crippen LogP contribution is 2.38. The predicted octanol–water partition coefficient (Wildman–Crippen LogP) is 2.42. The molecule has 0 aromatic heterocycles. The van der Waals surface area contributed by atoms with Gasteiger partial charge in [0.1, 0.15) is 5.75 Å². The number of carbonyl (C=O) groups is 1. The molecule has 0 bridgehead atoms. The summed E-state index contributed by atoms with van der Waals surface area (Å²) in [6, 6.07) is 9.76. The maximum absolute atomic E-state index is 12.2. The molecule has 2 fully saturated rings. The van der Waals surface area contributed by atoms with E-state index < -0.39 is 0 Å². The van der Waals surface area contributed by atoms with Gasteiger partial charge in [-0.3, -0.25) is 0 Å². The van der Waals surface area contributed by atoms with Gasteiger partial charge in [-0.1, -0.05) is 18.2 Å². The van der Waals surface area contributed by atoms with Crippen molar-refractivity contribution in [3.63, 3.8) is 0 Å². The lowest BCUT2D eigenvalue weighted by Crippen LogP contribution is -2.58. The van der Waals surface area contributed by atoms with Crippen molar-refractivity contribution in [1.82, 2.24) is 10.2 Å². The number of ether oxygens (including phenoxy) is 2. The van der Waals surface area contributed by atoms with Gasteiger partial charge in [0.2, 0.25) is 0 Å². The molecule has 1 saturated heterocycles. The average Bonchev–Trinajstić information content (AvgIpc) is 2.54. The van der Waals surface area contributed by atoms with Gasteiger partial charge in [0.05, 0.1) is 25.4 Å². The zero-order valence-electron chi connectivity index (χ0n) is 12.9. The summed E-state index contributed by atoms with van der Waals surface area (Å²) in [6.45, 7) is 3.32. The molecule has 1 N–H and O–H groups in total. The number of amides is 2. The number of urea groups is 1. The van der Waals surface area contributed by atoms with Gasteiger partial charge in [-0.05, 0) is 37.8 Å². The Morgan fingerprint density at radius 1 is 1.32 bits per heavy atom. The molecule has 0 unspecified atom stereocenters. The summed E-state index contributed by atoms with van der Waals surface area (Å²) in [5, 5.41) is 2.98. The number of rotatable bonds is 5. The third-order valence-corrected chi connectivity index (χ3v) is 4.41. The SMILES string of the molecule is O=C(NCCCOc1ccccc1)N1CCOC2(CCC2)C1. The second-order valence-corrected chi connectivity index (χ2v) is 6.05. The monoisotopic (exact) mass is 304 g/mol. The molecule has 0 atom stereocenters. The molecule has 22 heavy (non-hydrogen) atoms. The van der Waals surface area contributed by atoms with E-state index in [-0.39, 0.29) is 11.6 Å². The molecule has 0 radical (unpaired) electrons. The van der Waals surface area contributed by atoms with Crippen molar-refractivity contribution in [1.29, 1.82) is 0 Å². The van der Waals surface area contributed by atoms with Crippen molar-refractivity contribution in [2.75, 3.05) is 32.8 Å². The van der Waals surface area contributed by atoms with E-state index in [1.807, 2.05) is 35.2 Å². The number of hydrogen-bond donors (Lipinski definition) is 1. The highest BCUT2D eigenvalue weighted by Gasteiger charge is 2.43. The largest absolute Gasteiger partial charge is 0.494 e. The first kappa shape index (κ1) is 15.2. The standard InChI is InChI=1S/C17H24N2O3/c20-16(19-11-13-22-17(14-19)8-4-9-17)18-10-5-12-21-15-6-2-1-3-7-15/h1-3,6-7H,4-5,8-14H2,(H,18,20). The maximum atomic E-state index is 12.2. The van der Waals surface area contributed by atoms with Gasteiger partial charge in [-0.2, -0.15) is 0 Å². The van der Waals surface area contributed by atoms with Crippen molar-refractivity contribution in [3.05, 3.63) is 30.3 Å². The zero-order chi connectivity index (χ0) is 15.3. The van der Waals surface area contributed by atoms with Gasteiger partial charge in [-0.25, -0.2) is 4.79 Å². The van der Waals surface area contributed by atoms with Crippen molar-refractivity contribution >= 4 is 6.03 Å². The van der Waals surface area contributed by atoms with Crippen LogP contribution >= 0.6 is 0 Å². The first-order valence-electron chi connectivity index (χ1n) is 8.12. The summed E-state index contributed by atoms with van der Waals surface area (Å²) in [4.78, 5) is 14.1. The summed E-state index contributed by atoms with van der Waals surface area (Å²) in [5.74, 6) is 0.869. The van der Waals surface area contributed by atoms with Crippen LogP contribution in [0.1, 0.15) is 25.7 Å². The Hall–Kier alpha value is -1.75. The van der Waals surface area contributed by atoms with Crippen LogP contribution in [0, 0.1) is 0 Å². The van der Waals surface area contributed by atoms with E-state index in [1.54, 1.807) is 0 Å². The lowest BCUT2D eigenvalue weighted by atomic mass is 9.79. The average molecular weight is 304 g/mol. The van der Waals surface area contributed by atoms with Gasteiger partial charge in [0.15, 0.2) is 0 Å². The molecule has 2 aliphatic rings. The van der Waals surface area contributed by atoms with Gasteiger partial charge >= 0.3 is 6.03 Å². The minimum atomic E-state index is -0.0357. The maximum Gasteiger partial charge on any atom is 0.317 e. The molecule has 1 saturated carbocycles. The molecule has 1 spiro atoms. The van der Waals surface area contributed by atoms with E-state index in [2.05, 4.69) is 5.32 Å². The number of hydrogen-bond acceptors (Lipinski definition) is 3. The third kappa shape index (κ3) is 3.71. The van der Waals surface area contributed by atoms with Crippen molar-refractivity contribution in [2.24, 2.45) is 0 Å². The van der Waals surface area contributed by atoms with Crippen LogP contribution in [-0.2, 0) is 4.74 Å². The number of morpholine rings is 1. The summed E-state index contributed by atoms with van der Waals surface area (Å²) in [6.07, 6.45) is 4.19. The fourth-order valence-corrected chi connectivity index (χ4v) is 2.98. The quantitative estimate of drug-likeness (QED) is 0.850. The smallest absolute Gasteiger partial charge is 0.317 e. The second kappa shape index (κ2) is 7.01. The van der Waals surface area contributed by atoms with E-state index in [1.165, 1.54) is 6.42 Å². The molecule has 1 aliphatic heterocycles. The number of carbonyl (C=O) groups excluding carboxylic acids is 1. The fraction of sp³-hybridized carbons (Fsp3) is 0.588. The van der Waals surface area contributed by atoms with Crippen LogP contribution in [0.3, 0.4) is 0 Å². The lowest BCUT2D eigenvalue weighted by Gasteiger charge is -2.48. The minimum Gasteiger partial charge on any atom is -0.494 e. The van der Waals surface area contributed by atoms with Crippen LogP contribution in [0.5, 0.6) is 5.75 Å². The minimum absolute atomic E-state index is 0.0225. The van der Waals surface area contributed by atoms with Gasteiger partial charge in [0.25, 0.3) is 0 Å². The normalized spacial score (nSPS) is 19.5. The number of benzene rings is 1. The molecular weight excluding hydrogens is 280 g/mol. The Morgan fingerprint density at radius 2 is 2.14 bits per heavy atom. The molecule has 2 amide bonds. The first-order valence-corrected chi connectivity index (χ1v) is 8.12. The fourth-order valence-electron chi connectivity index (χ4n) is 2.98. The molecule has 1 aliphatic carbocycles. The van der Waals surface area contributed by atoms with E-state index in [4.69, 9.17) is 9.47 Å². The van der Waals surface area contributed by atoms with Crippen LogP contribution in [-0.4, -0.2) is 49.4 Å². The molecule has 5 heteroatoms. The Balaban J connectivity index is 1.32. The zero-order valence-corrected chi connectivity index (χ0v) is 12.9. The van der Waals surface area contributed by atoms with Crippen LogP contribution < -0.4 is 10.1 Å². The molecule has 5 nitrogen and oxygen atoms in total. The Labute approximate surface area is 131 Å². The van der Waals surface area contributed by atoms with Crippen molar-refractivity contribution in [3.8, 4) is 5.75 Å². The van der Waals surface area contributed by atoms with E-state index in [0.29, 0.717) is 26.3 Å². The van der Waals surface area contributed by atoms with E-state index in [9.17, 15) is 4.79 Å². The number of nitrogens with zero attached hydrogens (tertiary/aromatic N) is 1. The van der Waals surface area contributed by atoms with E-state index in [0.717, 1.165) is 31.6 Å². The third-order valence-electron chi connectivity index (χ3n) is 4.41. The summed E-state index contributed by atoms with van der Waals surface area (Å²) >= 11 is 0. The van der Waals surface area contributed by atoms with Crippen LogP contribution in [0.25, 0.3) is 0 Å². The molecule has 1 aromatic carbocycles. The van der Waals surface area contributed by atoms with Gasteiger partial charge in [0, 0.05) is 13.1 Å². The highest BCUT2D eigenvalue weighted by molar-refractivity contribution is 5.74. The molecular formula is C17H24N2O3. The molecule has 120 valence electrons. The number of para-hydroxylation sites is 1. The van der Waals surface area contributed by atoms with Crippen LogP contribution in [0.15, 0.2) is 30.3 Å². The van der Waals surface area contributed by atoms with E-state index >= 15 is 0 Å². The number of nitrogens with one attached hydrogen (secondary N) is 1. The van der Waals surface area contributed by atoms with Gasteiger partial charge in [-0.15, -0.1) is 0 Å². The summed E-state index contributed by atoms with van der Waals surface area (Å²) in [5.41, 5.74) is -0.0357. The molecule has 1 aromatic rings. The topological polar surface area (TPSA) is 50.8 Å². The Morgan fingerprint density at radius 3 is 2.86 bits per heavy atom. The van der Waals surface area contributed by atoms with Crippen molar-refractivity contribution < 1.29 is 14.3 Å².